The highest BCUT2D eigenvalue weighted by molar-refractivity contribution is 7.27. The summed E-state index contributed by atoms with van der Waals surface area (Å²) in [7, 11) is 6.00. The summed E-state index contributed by atoms with van der Waals surface area (Å²) in [5, 5.41) is 15.2. The van der Waals surface area contributed by atoms with Crippen LogP contribution in [0.15, 0.2) is 88.2 Å². The lowest BCUT2D eigenvalue weighted by atomic mass is 10.00. The lowest BCUT2D eigenvalue weighted by molar-refractivity contribution is -0.140. The van der Waals surface area contributed by atoms with Crippen molar-refractivity contribution in [2.24, 2.45) is 10.1 Å². The van der Waals surface area contributed by atoms with Crippen molar-refractivity contribution in [3.05, 3.63) is 89.5 Å². The Labute approximate surface area is 227 Å². The monoisotopic (exact) mass is 544 g/mol. The van der Waals surface area contributed by atoms with Crippen LogP contribution in [-0.2, 0) is 20.0 Å². The van der Waals surface area contributed by atoms with E-state index in [4.69, 9.17) is 14.3 Å². The maximum Gasteiger partial charge on any atom is 0.261 e. The maximum absolute atomic E-state index is 13.7. The molecule has 8 nitrogen and oxygen atoms in total. The van der Waals surface area contributed by atoms with E-state index in [1.165, 1.54) is 12.1 Å². The molecule has 0 spiro atoms. The molecule has 10 heteroatoms. The number of oxime groups is 1. The highest BCUT2D eigenvalue weighted by Gasteiger charge is 2.51. The zero-order valence-electron chi connectivity index (χ0n) is 22.8. The Morgan fingerprint density at radius 3 is 2.76 bits per heavy atom. The minimum atomic E-state index is -1.29. The summed E-state index contributed by atoms with van der Waals surface area (Å²) in [6, 6.07) is 4.30. The maximum atomic E-state index is 13.7. The van der Waals surface area contributed by atoms with Crippen molar-refractivity contribution in [1.29, 1.82) is 0 Å². The topological polar surface area (TPSA) is 79.1 Å². The van der Waals surface area contributed by atoms with Crippen molar-refractivity contribution < 1.29 is 23.8 Å². The number of morpholine rings is 1. The van der Waals surface area contributed by atoms with Crippen molar-refractivity contribution in [3.63, 3.8) is 0 Å². The molecule has 2 atom stereocenters. The van der Waals surface area contributed by atoms with Gasteiger partial charge in [0.1, 0.15) is 24.8 Å². The van der Waals surface area contributed by atoms with E-state index in [-0.39, 0.29) is 12.4 Å². The van der Waals surface area contributed by atoms with Gasteiger partial charge in [-0.3, -0.25) is 4.99 Å². The second-order valence-corrected chi connectivity index (χ2v) is 8.87. The Hall–Kier alpha value is -3.42. The third-order valence-corrected chi connectivity index (χ3v) is 6.15. The van der Waals surface area contributed by atoms with Crippen LogP contribution in [0.5, 0.6) is 0 Å². The van der Waals surface area contributed by atoms with Crippen LogP contribution in [0.25, 0.3) is 0 Å². The molecule has 1 fully saturated rings. The van der Waals surface area contributed by atoms with Crippen molar-refractivity contribution in [1.82, 2.24) is 9.80 Å². The minimum Gasteiger partial charge on any atom is -0.499 e. The predicted molar refractivity (Wildman–Crippen MR) is 154 cm³/mol. The number of aliphatic hydroxyl groups is 1. The number of ether oxygens (including phenoxy) is 2. The molecule has 2 aliphatic heterocycles. The van der Waals surface area contributed by atoms with E-state index >= 15 is 0 Å². The van der Waals surface area contributed by atoms with Crippen LogP contribution < -0.4 is 5.30 Å². The summed E-state index contributed by atoms with van der Waals surface area (Å²) < 4.78 is 25.3. The van der Waals surface area contributed by atoms with Gasteiger partial charge in [0.2, 0.25) is 5.84 Å². The van der Waals surface area contributed by atoms with Crippen molar-refractivity contribution in [2.75, 3.05) is 40.5 Å². The summed E-state index contributed by atoms with van der Waals surface area (Å²) in [5.41, 5.74) is 0.854. The van der Waals surface area contributed by atoms with Gasteiger partial charge in [-0.2, -0.15) is 0 Å². The molecule has 1 aromatic carbocycles. The molecule has 38 heavy (non-hydrogen) atoms. The molecule has 0 amide bonds. The molecule has 3 rings (SSSR count). The fourth-order valence-electron chi connectivity index (χ4n) is 3.99. The molecule has 1 N–H and O–H groups in total. The number of methoxy groups -OCH3 is 1. The molecule has 0 radical (unpaired) electrons. The second kappa shape index (κ2) is 14.5. The van der Waals surface area contributed by atoms with E-state index in [2.05, 4.69) is 32.7 Å². The third kappa shape index (κ3) is 7.11. The van der Waals surface area contributed by atoms with E-state index < -0.39 is 5.72 Å². The zero-order valence-corrected chi connectivity index (χ0v) is 23.9. The van der Waals surface area contributed by atoms with Crippen molar-refractivity contribution in [3.8, 4) is 0 Å². The summed E-state index contributed by atoms with van der Waals surface area (Å²) >= 11 is 0. The number of benzene rings is 1. The first-order chi connectivity index (χ1) is 18.3. The van der Waals surface area contributed by atoms with Crippen LogP contribution in [0.1, 0.15) is 26.3 Å². The average molecular weight is 545 g/mol. The number of likely N-dealkylation sites (N-methyl/N-ethyl adjacent to an activating group) is 1. The normalized spacial score (nSPS) is 20.4. The molecule has 206 valence electrons. The number of fused-ring (bicyclic) bond motifs is 1. The second-order valence-electron chi connectivity index (χ2n) is 8.25. The van der Waals surface area contributed by atoms with Gasteiger partial charge in [0.25, 0.3) is 5.72 Å². The van der Waals surface area contributed by atoms with E-state index in [9.17, 15) is 9.50 Å². The van der Waals surface area contributed by atoms with Gasteiger partial charge in [0.15, 0.2) is 5.76 Å². The van der Waals surface area contributed by atoms with Crippen LogP contribution in [0, 0.1) is 5.82 Å². The van der Waals surface area contributed by atoms with Gasteiger partial charge >= 0.3 is 0 Å². The lowest BCUT2D eigenvalue weighted by Crippen LogP contribution is -2.54. The first-order valence-corrected chi connectivity index (χ1v) is 12.8. The smallest absolute Gasteiger partial charge is 0.261 e. The number of halogens is 1. The number of aliphatic hydroxyl groups excluding tert-OH is 1. The van der Waals surface area contributed by atoms with Gasteiger partial charge in [-0.25, -0.2) is 4.39 Å². The van der Waals surface area contributed by atoms with Crippen molar-refractivity contribution in [2.45, 2.75) is 26.5 Å². The first-order valence-electron chi connectivity index (χ1n) is 12.3. The lowest BCUT2D eigenvalue weighted by Gasteiger charge is -2.39. The summed E-state index contributed by atoms with van der Waals surface area (Å²) in [5.74, 6) is 1.20. The number of hydrogen-bond acceptors (Lipinski definition) is 8. The number of hydrogen-bond donors (Lipinski definition) is 1. The largest absolute Gasteiger partial charge is 0.499 e. The summed E-state index contributed by atoms with van der Waals surface area (Å²) in [6.45, 7) is 14.1. The minimum absolute atomic E-state index is 0.340. The summed E-state index contributed by atoms with van der Waals surface area (Å²) in [4.78, 5) is 13.5. The van der Waals surface area contributed by atoms with E-state index in [1.54, 1.807) is 25.3 Å². The summed E-state index contributed by atoms with van der Waals surface area (Å²) in [6.07, 6.45) is 9.02. The van der Waals surface area contributed by atoms with E-state index in [1.807, 2.05) is 56.0 Å². The molecule has 0 aliphatic carbocycles. The zero-order chi connectivity index (χ0) is 28.3. The Morgan fingerprint density at radius 2 is 2.16 bits per heavy atom. The van der Waals surface area contributed by atoms with Gasteiger partial charge in [-0.1, -0.05) is 37.7 Å². The Balaban J connectivity index is 0.00000247. The molecule has 2 unspecified atom stereocenters. The highest BCUT2D eigenvalue weighted by atomic mass is 31.0. The van der Waals surface area contributed by atoms with Crippen LogP contribution in [0.4, 0.5) is 4.39 Å². The fraction of sp³-hybridized carbons (Fsp3) is 0.357. The molecular formula is C28H38FN4O4P. The van der Waals surface area contributed by atoms with Gasteiger partial charge in [0, 0.05) is 18.8 Å². The van der Waals surface area contributed by atoms with Crippen molar-refractivity contribution >= 4 is 27.1 Å². The molecule has 2 aliphatic rings. The van der Waals surface area contributed by atoms with Crippen LogP contribution >= 0.6 is 9.24 Å². The number of amidine groups is 1. The standard InChI is InChI=1S/C26H32FN4O4P.C2H6/c1-6-7-19(12-21(33-5)16-30(4)15-18(2)28-3)13-23-25-29-35-26(17-32,31(25)10-11-34-23)22-9-8-20(27)14-24(22)36;1-2/h6-9,12-15,32H,1,3,10-11,16-17,36H2,2,4-5H3;1-2H3/b18-15-,19-7+,21-12+,23-13-;. The average Bonchev–Trinajstić information content (AvgIpc) is 3.30. The SMILES string of the molecule is C=C/C=C(/C=C1\OCCN2C1=NOC2(CO)c1ccc(F)cc1P)\C=C(/CN(C)/C=C(/C)N=C)OC.CC. The predicted octanol–water partition coefficient (Wildman–Crippen LogP) is 4.19. The number of allylic oxidation sites excluding steroid dienone is 6. The van der Waals surface area contributed by atoms with E-state index in [0.29, 0.717) is 47.9 Å². The third-order valence-electron chi connectivity index (χ3n) is 5.68. The molecule has 2 heterocycles. The quantitative estimate of drug-likeness (QED) is 0.206. The van der Waals surface area contributed by atoms with Crippen LogP contribution in [0.2, 0.25) is 0 Å². The molecule has 1 saturated heterocycles. The van der Waals surface area contributed by atoms with E-state index in [0.717, 1.165) is 11.3 Å². The van der Waals surface area contributed by atoms with Gasteiger partial charge in [-0.05, 0) is 54.9 Å². The molecule has 0 saturated carbocycles. The molecule has 0 bridgehead atoms. The molecule has 1 aromatic rings. The van der Waals surface area contributed by atoms with Crippen LogP contribution in [-0.4, -0.2) is 67.9 Å². The number of aliphatic imine (C=N–C) groups is 1. The molecular weight excluding hydrogens is 506 g/mol. The van der Waals surface area contributed by atoms with Crippen LogP contribution in [0.3, 0.4) is 0 Å². The highest BCUT2D eigenvalue weighted by Crippen LogP contribution is 2.38. The fourth-order valence-corrected chi connectivity index (χ4v) is 4.47. The van der Waals surface area contributed by atoms with Gasteiger partial charge < -0.3 is 29.2 Å². The first kappa shape index (κ1) is 30.8. The van der Waals surface area contributed by atoms with Gasteiger partial charge in [-0.15, -0.1) is 9.24 Å². The Morgan fingerprint density at radius 1 is 1.42 bits per heavy atom. The van der Waals surface area contributed by atoms with Gasteiger partial charge in [0.05, 0.1) is 25.9 Å². The number of nitrogens with zero attached hydrogens (tertiary/aromatic N) is 4. The Kier molecular flexibility index (Phi) is 11.8. The Bertz CT molecular complexity index is 1160. The molecule has 0 aromatic heterocycles. The number of rotatable bonds is 10.